The van der Waals surface area contributed by atoms with Crippen LogP contribution in [0, 0.1) is 0 Å². The fourth-order valence-corrected chi connectivity index (χ4v) is 3.37. The molecule has 0 aromatic heterocycles. The van der Waals surface area contributed by atoms with Crippen molar-refractivity contribution in [2.24, 2.45) is 0 Å². The Labute approximate surface area is 136 Å². The van der Waals surface area contributed by atoms with Crippen LogP contribution in [0.25, 0.3) is 0 Å². The maximum Gasteiger partial charge on any atom is 0.0702 e. The zero-order valence-electron chi connectivity index (χ0n) is 14.5. The van der Waals surface area contributed by atoms with E-state index in [9.17, 15) is 0 Å². The van der Waals surface area contributed by atoms with Crippen molar-refractivity contribution in [2.75, 3.05) is 32.8 Å². The van der Waals surface area contributed by atoms with Crippen molar-refractivity contribution in [3.05, 3.63) is 35.9 Å². The molecule has 2 saturated heterocycles. The molecule has 1 aromatic rings. The van der Waals surface area contributed by atoms with Gasteiger partial charge in [-0.25, -0.2) is 0 Å². The second-order valence-corrected chi connectivity index (χ2v) is 6.20. The van der Waals surface area contributed by atoms with E-state index in [0.29, 0.717) is 12.1 Å². The number of nitrogens with zero attached hydrogens (tertiary/aromatic N) is 2. The first-order valence-electron chi connectivity index (χ1n) is 8.93. The van der Waals surface area contributed by atoms with Crippen molar-refractivity contribution in [1.82, 2.24) is 9.80 Å². The van der Waals surface area contributed by atoms with Gasteiger partial charge in [-0.3, -0.25) is 9.80 Å². The molecule has 0 bridgehead atoms. The van der Waals surface area contributed by atoms with Crippen LogP contribution in [0.15, 0.2) is 30.3 Å². The highest BCUT2D eigenvalue weighted by atomic mass is 16.5. The van der Waals surface area contributed by atoms with E-state index in [-0.39, 0.29) is 0 Å². The molecule has 3 heteroatoms. The molecule has 0 amide bonds. The first-order chi connectivity index (χ1) is 10.8. The van der Waals surface area contributed by atoms with Gasteiger partial charge in [-0.1, -0.05) is 44.2 Å². The molecule has 2 aliphatic heterocycles. The molecule has 3 rings (SSSR count). The summed E-state index contributed by atoms with van der Waals surface area (Å²) in [4.78, 5) is 5.18. The Morgan fingerprint density at radius 2 is 1.91 bits per heavy atom. The summed E-state index contributed by atoms with van der Waals surface area (Å²) in [7, 11) is 0. The van der Waals surface area contributed by atoms with Crippen LogP contribution in [0.5, 0.6) is 0 Å². The minimum atomic E-state index is 0.489. The van der Waals surface area contributed by atoms with Crippen molar-refractivity contribution < 1.29 is 4.74 Å². The van der Waals surface area contributed by atoms with Crippen LogP contribution in [0.4, 0.5) is 0 Å². The summed E-state index contributed by atoms with van der Waals surface area (Å²) in [6.07, 6.45) is 2.98. The number of rotatable bonds is 4. The number of benzene rings is 1. The van der Waals surface area contributed by atoms with Gasteiger partial charge in [-0.15, -0.1) is 0 Å². The summed E-state index contributed by atoms with van der Waals surface area (Å²) in [5.74, 6) is 0. The molecule has 124 valence electrons. The molecular formula is C19H32N2O. The molecule has 2 heterocycles. The van der Waals surface area contributed by atoms with Gasteiger partial charge in [0.05, 0.1) is 6.10 Å². The van der Waals surface area contributed by atoms with Crippen LogP contribution in [0.3, 0.4) is 0 Å². The van der Waals surface area contributed by atoms with E-state index in [1.54, 1.807) is 0 Å². The lowest BCUT2D eigenvalue weighted by Crippen LogP contribution is -2.52. The number of piperazine rings is 1. The third-order valence-corrected chi connectivity index (χ3v) is 4.56. The smallest absolute Gasteiger partial charge is 0.0702 e. The maximum absolute atomic E-state index is 5.76. The largest absolute Gasteiger partial charge is 0.377 e. The average molecular weight is 304 g/mol. The number of hydrogen-bond donors (Lipinski definition) is 0. The predicted octanol–water partition coefficient (Wildman–Crippen LogP) is 3.40. The first kappa shape index (κ1) is 17.5. The molecule has 0 N–H and O–H groups in total. The molecule has 1 aromatic carbocycles. The molecule has 0 aliphatic carbocycles. The Morgan fingerprint density at radius 1 is 1.14 bits per heavy atom. The zero-order chi connectivity index (χ0) is 15.8. The topological polar surface area (TPSA) is 15.7 Å². The SMILES string of the molecule is CC.CC1CN(CC2CCCO2)CCN1Cc1ccccc1. The molecule has 2 atom stereocenters. The third-order valence-electron chi connectivity index (χ3n) is 4.56. The van der Waals surface area contributed by atoms with Gasteiger partial charge in [0.15, 0.2) is 0 Å². The Kier molecular flexibility index (Phi) is 7.37. The van der Waals surface area contributed by atoms with Crippen LogP contribution < -0.4 is 0 Å². The van der Waals surface area contributed by atoms with Crippen molar-refractivity contribution in [2.45, 2.75) is 52.3 Å². The van der Waals surface area contributed by atoms with Crippen LogP contribution >= 0.6 is 0 Å². The molecule has 0 radical (unpaired) electrons. The summed E-state index contributed by atoms with van der Waals surface area (Å²) in [6.45, 7) is 13.0. The lowest BCUT2D eigenvalue weighted by Gasteiger charge is -2.40. The monoisotopic (exact) mass is 304 g/mol. The standard InChI is InChI=1S/C17H26N2O.C2H6/c1-15-12-18(14-17-8-5-11-20-17)9-10-19(15)13-16-6-3-2-4-7-16;1-2/h2-4,6-7,15,17H,5,8-14H2,1H3;1-2H3. The Hall–Kier alpha value is -0.900. The molecule has 2 aliphatic rings. The summed E-state index contributed by atoms with van der Waals surface area (Å²) in [5, 5.41) is 0. The van der Waals surface area contributed by atoms with Gasteiger partial charge in [-0.05, 0) is 25.3 Å². The average Bonchev–Trinajstić information content (AvgIpc) is 3.06. The van der Waals surface area contributed by atoms with E-state index in [0.717, 1.165) is 19.7 Å². The Morgan fingerprint density at radius 3 is 2.55 bits per heavy atom. The van der Waals surface area contributed by atoms with Crippen LogP contribution in [0.2, 0.25) is 0 Å². The Bertz CT molecular complexity index is 403. The highest BCUT2D eigenvalue weighted by Crippen LogP contribution is 2.17. The predicted molar refractivity (Wildman–Crippen MR) is 93.1 cm³/mol. The maximum atomic E-state index is 5.76. The zero-order valence-corrected chi connectivity index (χ0v) is 14.5. The quantitative estimate of drug-likeness (QED) is 0.848. The second kappa shape index (κ2) is 9.29. The molecule has 2 unspecified atom stereocenters. The fraction of sp³-hybridized carbons (Fsp3) is 0.684. The summed E-state index contributed by atoms with van der Waals surface area (Å²) in [6, 6.07) is 11.4. The van der Waals surface area contributed by atoms with E-state index in [2.05, 4.69) is 47.1 Å². The van der Waals surface area contributed by atoms with E-state index < -0.39 is 0 Å². The molecule has 0 spiro atoms. The van der Waals surface area contributed by atoms with Crippen molar-refractivity contribution in [1.29, 1.82) is 0 Å². The highest BCUT2D eigenvalue weighted by molar-refractivity contribution is 5.14. The minimum Gasteiger partial charge on any atom is -0.377 e. The molecule has 3 nitrogen and oxygen atoms in total. The number of hydrogen-bond acceptors (Lipinski definition) is 3. The lowest BCUT2D eigenvalue weighted by atomic mass is 10.1. The van der Waals surface area contributed by atoms with E-state index in [4.69, 9.17) is 4.74 Å². The first-order valence-corrected chi connectivity index (χ1v) is 8.93. The molecule has 2 fully saturated rings. The van der Waals surface area contributed by atoms with Crippen molar-refractivity contribution in [3.8, 4) is 0 Å². The summed E-state index contributed by atoms with van der Waals surface area (Å²) < 4.78 is 5.76. The minimum absolute atomic E-state index is 0.489. The lowest BCUT2D eigenvalue weighted by molar-refractivity contribution is 0.0291. The van der Waals surface area contributed by atoms with Gasteiger partial charge in [0, 0.05) is 45.4 Å². The third kappa shape index (κ3) is 5.08. The summed E-state index contributed by atoms with van der Waals surface area (Å²) in [5.41, 5.74) is 1.42. The van der Waals surface area contributed by atoms with Gasteiger partial charge in [0.1, 0.15) is 0 Å². The second-order valence-electron chi connectivity index (χ2n) is 6.20. The van der Waals surface area contributed by atoms with Crippen molar-refractivity contribution >= 4 is 0 Å². The van der Waals surface area contributed by atoms with Gasteiger partial charge in [-0.2, -0.15) is 0 Å². The number of ether oxygens (including phenoxy) is 1. The van der Waals surface area contributed by atoms with Crippen molar-refractivity contribution in [3.63, 3.8) is 0 Å². The van der Waals surface area contributed by atoms with E-state index in [1.807, 2.05) is 13.8 Å². The van der Waals surface area contributed by atoms with E-state index >= 15 is 0 Å². The van der Waals surface area contributed by atoms with Crippen LogP contribution in [0.1, 0.15) is 39.2 Å². The fourth-order valence-electron chi connectivity index (χ4n) is 3.37. The van der Waals surface area contributed by atoms with E-state index in [1.165, 1.54) is 38.0 Å². The summed E-state index contributed by atoms with van der Waals surface area (Å²) >= 11 is 0. The molecule has 22 heavy (non-hydrogen) atoms. The van der Waals surface area contributed by atoms with Gasteiger partial charge >= 0.3 is 0 Å². The van der Waals surface area contributed by atoms with Crippen LogP contribution in [-0.2, 0) is 11.3 Å². The van der Waals surface area contributed by atoms with Gasteiger partial charge in [0.2, 0.25) is 0 Å². The normalized spacial score (nSPS) is 26.5. The van der Waals surface area contributed by atoms with Gasteiger partial charge in [0.25, 0.3) is 0 Å². The van der Waals surface area contributed by atoms with Gasteiger partial charge < -0.3 is 4.74 Å². The molecular weight excluding hydrogens is 272 g/mol. The highest BCUT2D eigenvalue weighted by Gasteiger charge is 2.26. The Balaban J connectivity index is 0.000000847. The van der Waals surface area contributed by atoms with Crippen LogP contribution in [-0.4, -0.2) is 54.7 Å². The molecule has 0 saturated carbocycles.